The van der Waals surface area contributed by atoms with E-state index in [0.29, 0.717) is 11.3 Å². The predicted molar refractivity (Wildman–Crippen MR) is 93.3 cm³/mol. The fourth-order valence-electron chi connectivity index (χ4n) is 3.31. The number of hydrogen-bond donors (Lipinski definition) is 2. The number of nitrogens with zero attached hydrogens (tertiary/aromatic N) is 5. The highest BCUT2D eigenvalue weighted by Crippen LogP contribution is 2.35. The zero-order valence-corrected chi connectivity index (χ0v) is 14.8. The molecule has 4 rings (SSSR count). The Bertz CT molecular complexity index is 1100. The summed E-state index contributed by atoms with van der Waals surface area (Å²) >= 11 is 0. The Labute approximate surface area is 149 Å². The summed E-state index contributed by atoms with van der Waals surface area (Å²) in [7, 11) is -3.33. The van der Waals surface area contributed by atoms with Crippen LogP contribution < -0.4 is 5.73 Å². The minimum atomic E-state index is -3.33. The van der Waals surface area contributed by atoms with Gasteiger partial charge in [-0.05, 0) is 6.07 Å². The second-order valence-electron chi connectivity index (χ2n) is 6.53. The number of aromatic amines is 1. The highest BCUT2D eigenvalue weighted by Gasteiger charge is 2.50. The monoisotopic (exact) mass is 375 g/mol. The van der Waals surface area contributed by atoms with Gasteiger partial charge in [-0.15, -0.1) is 0 Å². The molecule has 136 valence electrons. The van der Waals surface area contributed by atoms with Crippen LogP contribution in [0.2, 0.25) is 0 Å². The van der Waals surface area contributed by atoms with Crippen molar-refractivity contribution in [3.8, 4) is 11.3 Å². The van der Waals surface area contributed by atoms with Crippen molar-refractivity contribution < 1.29 is 13.2 Å². The van der Waals surface area contributed by atoms with E-state index in [4.69, 9.17) is 5.73 Å². The molecule has 3 aromatic heterocycles. The minimum Gasteiger partial charge on any atom is -0.370 e. The Kier molecular flexibility index (Phi) is 3.59. The van der Waals surface area contributed by atoms with Gasteiger partial charge in [0.15, 0.2) is 0 Å². The van der Waals surface area contributed by atoms with E-state index in [-0.39, 0.29) is 19.5 Å². The number of aromatic nitrogens is 5. The smallest absolute Gasteiger partial charge is 0.219 e. The van der Waals surface area contributed by atoms with Gasteiger partial charge in [0.2, 0.25) is 15.9 Å². The molecule has 3 N–H and O–H groups in total. The second-order valence-corrected chi connectivity index (χ2v) is 8.52. The number of carbonyl (C=O) groups is 1. The normalized spacial score (nSPS) is 17.3. The van der Waals surface area contributed by atoms with Gasteiger partial charge in [0.25, 0.3) is 0 Å². The van der Waals surface area contributed by atoms with Crippen LogP contribution in [-0.2, 0) is 20.4 Å². The number of carbonyl (C=O) groups excluding carboxylic acids is 1. The van der Waals surface area contributed by atoms with Gasteiger partial charge in [-0.25, -0.2) is 18.4 Å². The summed E-state index contributed by atoms with van der Waals surface area (Å²) in [6, 6.07) is 1.87. The lowest BCUT2D eigenvalue weighted by atomic mass is 9.88. The van der Waals surface area contributed by atoms with Gasteiger partial charge in [0.05, 0.1) is 30.1 Å². The summed E-state index contributed by atoms with van der Waals surface area (Å²) in [5.74, 6) is -0.509. The van der Waals surface area contributed by atoms with Gasteiger partial charge >= 0.3 is 0 Å². The van der Waals surface area contributed by atoms with E-state index in [9.17, 15) is 13.2 Å². The van der Waals surface area contributed by atoms with Crippen molar-refractivity contribution in [2.24, 2.45) is 5.73 Å². The largest absolute Gasteiger partial charge is 0.370 e. The molecule has 0 aromatic carbocycles. The van der Waals surface area contributed by atoms with E-state index >= 15 is 0 Å². The van der Waals surface area contributed by atoms with Crippen molar-refractivity contribution in [1.82, 2.24) is 29.0 Å². The molecular weight excluding hydrogens is 358 g/mol. The molecule has 0 atom stereocenters. The molecule has 1 fully saturated rings. The first-order chi connectivity index (χ1) is 12.3. The molecule has 3 aromatic rings. The zero-order valence-electron chi connectivity index (χ0n) is 14.0. The lowest BCUT2D eigenvalue weighted by Gasteiger charge is -2.48. The molecule has 0 unspecified atom stereocenters. The molecule has 1 amide bonds. The van der Waals surface area contributed by atoms with Crippen LogP contribution in [0.1, 0.15) is 6.42 Å². The first-order valence-corrected chi connectivity index (χ1v) is 9.70. The first kappa shape index (κ1) is 16.7. The maximum atomic E-state index is 11.7. The van der Waals surface area contributed by atoms with Crippen molar-refractivity contribution in [3.05, 3.63) is 31.0 Å². The van der Waals surface area contributed by atoms with Gasteiger partial charge in [-0.1, -0.05) is 0 Å². The van der Waals surface area contributed by atoms with Crippen LogP contribution in [0.5, 0.6) is 0 Å². The Morgan fingerprint density at radius 3 is 2.85 bits per heavy atom. The summed E-state index contributed by atoms with van der Waals surface area (Å²) in [5, 5.41) is 5.21. The molecule has 0 saturated carbocycles. The van der Waals surface area contributed by atoms with E-state index in [1.54, 1.807) is 23.3 Å². The Balaban J connectivity index is 1.71. The summed E-state index contributed by atoms with van der Waals surface area (Å²) in [4.78, 5) is 23.0. The molecule has 1 aliphatic heterocycles. The number of nitrogens with one attached hydrogen (secondary N) is 1. The second kappa shape index (κ2) is 5.61. The predicted octanol–water partition coefficient (Wildman–Crippen LogP) is -0.333. The van der Waals surface area contributed by atoms with Crippen LogP contribution >= 0.6 is 0 Å². The molecule has 10 nitrogen and oxygen atoms in total. The van der Waals surface area contributed by atoms with Gasteiger partial charge in [-0.3, -0.25) is 9.48 Å². The van der Waals surface area contributed by atoms with E-state index in [1.807, 2.05) is 6.07 Å². The molecule has 1 aliphatic rings. The third-order valence-electron chi connectivity index (χ3n) is 4.61. The number of sulfonamides is 1. The number of nitrogens with two attached hydrogens (primary N) is 1. The molecule has 0 aliphatic carbocycles. The number of fused-ring (bicyclic) bond motifs is 1. The molecule has 0 bridgehead atoms. The summed E-state index contributed by atoms with van der Waals surface area (Å²) in [5.41, 5.74) is 6.77. The highest BCUT2D eigenvalue weighted by atomic mass is 32.2. The fourth-order valence-corrected chi connectivity index (χ4v) is 4.26. The van der Waals surface area contributed by atoms with E-state index < -0.39 is 21.5 Å². The molecule has 0 spiro atoms. The average Bonchev–Trinajstić information content (AvgIpc) is 3.17. The fraction of sp³-hybridized carbons (Fsp3) is 0.333. The molecule has 11 heteroatoms. The average molecular weight is 375 g/mol. The lowest BCUT2D eigenvalue weighted by molar-refractivity contribution is -0.122. The first-order valence-electron chi connectivity index (χ1n) is 7.86. The van der Waals surface area contributed by atoms with Crippen LogP contribution in [0.4, 0.5) is 0 Å². The van der Waals surface area contributed by atoms with Crippen LogP contribution in [0.15, 0.2) is 31.0 Å². The quantitative estimate of drug-likeness (QED) is 0.626. The SMILES string of the molecule is CS(=O)(=O)N1CC(CC(N)=O)(n2cc(-c3ncnc4[nH]ccc34)cn2)C1. The lowest BCUT2D eigenvalue weighted by Crippen LogP contribution is -2.65. The van der Waals surface area contributed by atoms with Crippen LogP contribution in [0.3, 0.4) is 0 Å². The van der Waals surface area contributed by atoms with Crippen LogP contribution in [-0.4, -0.2) is 62.7 Å². The summed E-state index contributed by atoms with van der Waals surface area (Å²) in [6.45, 7) is 0.304. The van der Waals surface area contributed by atoms with E-state index in [0.717, 1.165) is 17.2 Å². The highest BCUT2D eigenvalue weighted by molar-refractivity contribution is 7.88. The van der Waals surface area contributed by atoms with Crippen molar-refractivity contribution in [2.45, 2.75) is 12.0 Å². The van der Waals surface area contributed by atoms with Crippen molar-refractivity contribution in [2.75, 3.05) is 19.3 Å². The molecule has 4 heterocycles. The maximum Gasteiger partial charge on any atom is 0.219 e. The number of amides is 1. The standard InChI is InChI=1S/C15H17N7O3S/c1-26(24,25)21-7-15(8-21,4-12(16)23)22-6-10(5-20-22)13-11-2-3-17-14(11)19-9-18-13/h2-3,5-6,9H,4,7-8H2,1H3,(H2,16,23)(H,17,18,19). The Morgan fingerprint density at radius 1 is 1.38 bits per heavy atom. The third kappa shape index (κ3) is 2.65. The van der Waals surface area contributed by atoms with Crippen LogP contribution in [0, 0.1) is 0 Å². The summed E-state index contributed by atoms with van der Waals surface area (Å²) < 4.78 is 26.4. The van der Waals surface area contributed by atoms with Crippen molar-refractivity contribution in [1.29, 1.82) is 0 Å². The van der Waals surface area contributed by atoms with Gasteiger partial charge in [0, 0.05) is 36.4 Å². The maximum absolute atomic E-state index is 11.7. The van der Waals surface area contributed by atoms with Crippen molar-refractivity contribution >= 4 is 27.0 Å². The van der Waals surface area contributed by atoms with Gasteiger partial charge < -0.3 is 10.7 Å². The molecular formula is C15H17N7O3S. The number of primary amides is 1. The van der Waals surface area contributed by atoms with Gasteiger partial charge in [-0.2, -0.15) is 9.40 Å². The zero-order chi connectivity index (χ0) is 18.5. The van der Waals surface area contributed by atoms with Crippen molar-refractivity contribution in [3.63, 3.8) is 0 Å². The minimum absolute atomic E-state index is 0.00345. The van der Waals surface area contributed by atoms with Gasteiger partial charge in [0.1, 0.15) is 12.0 Å². The van der Waals surface area contributed by atoms with E-state index in [2.05, 4.69) is 20.1 Å². The molecule has 26 heavy (non-hydrogen) atoms. The number of rotatable bonds is 5. The van der Waals surface area contributed by atoms with E-state index in [1.165, 1.54) is 10.6 Å². The Hall–Kier alpha value is -2.79. The Morgan fingerprint density at radius 2 is 2.15 bits per heavy atom. The topological polar surface area (TPSA) is 140 Å². The molecule has 0 radical (unpaired) electrons. The number of H-pyrrole nitrogens is 1. The van der Waals surface area contributed by atoms with Crippen LogP contribution in [0.25, 0.3) is 22.3 Å². The number of hydrogen-bond acceptors (Lipinski definition) is 6. The molecule has 1 saturated heterocycles. The summed E-state index contributed by atoms with van der Waals surface area (Å²) in [6.07, 6.45) is 7.78. The third-order valence-corrected chi connectivity index (χ3v) is 5.81.